The first-order valence-electron chi connectivity index (χ1n) is 2.53. The van der Waals surface area contributed by atoms with Crippen LogP contribution in [0.1, 0.15) is 0 Å². The van der Waals surface area contributed by atoms with Crippen LogP contribution in [0, 0.1) is 0 Å². The van der Waals surface area contributed by atoms with Crippen molar-refractivity contribution in [2.24, 2.45) is 0 Å². The average molecular weight is 312 g/mol. The van der Waals surface area contributed by atoms with Crippen molar-refractivity contribution >= 4 is 30.6 Å². The number of rotatable bonds is 0. The molecule has 0 aromatic rings. The van der Waals surface area contributed by atoms with E-state index in [1.807, 2.05) is 0 Å². The number of hydrogen-bond donors (Lipinski definition) is 3. The molecule has 0 fully saturated rings. The van der Waals surface area contributed by atoms with Gasteiger partial charge in [-0.2, -0.15) is 16.8 Å². The van der Waals surface area contributed by atoms with Crippen molar-refractivity contribution < 1.29 is 73.0 Å². The van der Waals surface area contributed by atoms with E-state index < -0.39 is 30.6 Å². The molecule has 3 N–H and O–H groups in total. The molecule has 0 atom stereocenters. The summed E-state index contributed by atoms with van der Waals surface area (Å²) in [6.45, 7) is 0. The minimum atomic E-state index is -4.67. The molecule has 0 bridgehead atoms. The fraction of sp³-hybridized carbons (Fsp3) is 1.00. The molecule has 0 saturated heterocycles. The van der Waals surface area contributed by atoms with E-state index in [4.69, 9.17) is 35.0 Å². The summed E-state index contributed by atoms with van der Waals surface area (Å²) < 4.78 is 84.7. The van der Waals surface area contributed by atoms with Gasteiger partial charge in [0.05, 0.1) is 16.4 Å². The van der Waals surface area contributed by atoms with Gasteiger partial charge in [-0.1, -0.05) is 0 Å². The van der Waals surface area contributed by atoms with Crippen LogP contribution in [0.5, 0.6) is 0 Å². The molecule has 0 unspecified atom stereocenters. The third kappa shape index (κ3) is 5780. The molecule has 0 aliphatic heterocycles. The molecule has 0 saturated carbocycles. The molecule has 0 aromatic carbocycles. The zero-order chi connectivity index (χ0) is 13.5. The Morgan fingerprint density at radius 2 is 0.812 bits per heavy atom. The standard InChI is InChI=1S/2CH4O3S.Na.H2O4S/c2*1-5(2,3)4;;1-5(2,3)4/h2*1H3,(H,2,3,4);;(H2,1,2,3,4)/q;;+1;/p-1. The smallest absolute Gasteiger partial charge is 0.748 e. The molecule has 0 heterocycles. The van der Waals surface area contributed by atoms with Gasteiger partial charge in [-0.25, -0.2) is 8.42 Å². The van der Waals surface area contributed by atoms with Gasteiger partial charge in [-0.3, -0.25) is 13.7 Å². The van der Waals surface area contributed by atoms with Crippen LogP contribution >= 0.6 is 0 Å². The molecule has 16 heavy (non-hydrogen) atoms. The van der Waals surface area contributed by atoms with Crippen LogP contribution in [0.3, 0.4) is 0 Å². The molecule has 10 nitrogen and oxygen atoms in total. The van der Waals surface area contributed by atoms with Gasteiger partial charge in [0, 0.05) is 6.26 Å². The summed E-state index contributed by atoms with van der Waals surface area (Å²) >= 11 is 0. The predicted octanol–water partition coefficient (Wildman–Crippen LogP) is -4.98. The normalized spacial score (nSPS) is 10.9. The second-order valence-electron chi connectivity index (χ2n) is 1.88. The van der Waals surface area contributed by atoms with Crippen molar-refractivity contribution in [3.05, 3.63) is 0 Å². The third-order valence-corrected chi connectivity index (χ3v) is 0. The third-order valence-electron chi connectivity index (χ3n) is 0. The van der Waals surface area contributed by atoms with Gasteiger partial charge in [-0.05, 0) is 0 Å². The van der Waals surface area contributed by atoms with Crippen molar-refractivity contribution in [2.45, 2.75) is 0 Å². The Morgan fingerprint density at radius 1 is 0.812 bits per heavy atom. The maximum Gasteiger partial charge on any atom is 1.00 e. The van der Waals surface area contributed by atoms with Crippen molar-refractivity contribution in [1.29, 1.82) is 0 Å². The molecule has 0 radical (unpaired) electrons. The van der Waals surface area contributed by atoms with E-state index in [2.05, 4.69) is 0 Å². The Morgan fingerprint density at radius 3 is 0.812 bits per heavy atom. The topological polar surface area (TPSA) is 186 Å². The van der Waals surface area contributed by atoms with Gasteiger partial charge >= 0.3 is 40.0 Å². The van der Waals surface area contributed by atoms with E-state index in [1.54, 1.807) is 0 Å². The van der Waals surface area contributed by atoms with Gasteiger partial charge in [0.15, 0.2) is 0 Å². The Bertz CT molecular complexity index is 345. The quantitative estimate of drug-likeness (QED) is 0.289. The summed E-state index contributed by atoms with van der Waals surface area (Å²) in [6.07, 6.45) is 1.32. The van der Waals surface area contributed by atoms with Crippen molar-refractivity contribution in [1.82, 2.24) is 0 Å². The molecule has 0 amide bonds. The zero-order valence-electron chi connectivity index (χ0n) is 8.42. The summed E-state index contributed by atoms with van der Waals surface area (Å²) in [7, 11) is -12.2. The van der Waals surface area contributed by atoms with E-state index in [0.29, 0.717) is 12.5 Å². The fourth-order valence-electron chi connectivity index (χ4n) is 0. The molecular weight excluding hydrogens is 303 g/mol. The molecule has 0 aromatic heterocycles. The summed E-state index contributed by atoms with van der Waals surface area (Å²) in [4.78, 5) is 0. The van der Waals surface area contributed by atoms with E-state index in [-0.39, 0.29) is 29.6 Å². The summed E-state index contributed by atoms with van der Waals surface area (Å²) in [6, 6.07) is 0. The zero-order valence-corrected chi connectivity index (χ0v) is 12.9. The van der Waals surface area contributed by atoms with Crippen molar-refractivity contribution in [2.75, 3.05) is 12.5 Å². The van der Waals surface area contributed by atoms with E-state index in [9.17, 15) is 8.42 Å². The Labute approximate surface area is 115 Å². The molecule has 14 heteroatoms. The second kappa shape index (κ2) is 9.69. The van der Waals surface area contributed by atoms with E-state index >= 15 is 0 Å². The van der Waals surface area contributed by atoms with E-state index in [0.717, 1.165) is 0 Å². The van der Waals surface area contributed by atoms with Crippen LogP contribution in [-0.4, -0.2) is 56.0 Å². The molecule has 0 aliphatic rings. The van der Waals surface area contributed by atoms with Crippen LogP contribution in [0.25, 0.3) is 0 Å². The van der Waals surface area contributed by atoms with Gasteiger partial charge in [0.25, 0.3) is 10.1 Å². The Balaban J connectivity index is -0.0000000655. The first kappa shape index (κ1) is 25.5. The average Bonchev–Trinajstić information content (AvgIpc) is 1.41. The molecule has 0 rings (SSSR count). The first-order chi connectivity index (χ1) is 6.00. The summed E-state index contributed by atoms with van der Waals surface area (Å²) in [5.74, 6) is 0. The van der Waals surface area contributed by atoms with Crippen LogP contribution in [0.15, 0.2) is 0 Å². The van der Waals surface area contributed by atoms with Crippen LogP contribution < -0.4 is 29.6 Å². The van der Waals surface area contributed by atoms with Gasteiger partial charge < -0.3 is 4.55 Å². The monoisotopic (exact) mass is 312 g/mol. The maximum atomic E-state index is 9.19. The SMILES string of the molecule is CS(=O)(=O)O.CS(=O)(=O)[O-].O=S(=O)(O)O.[Na+]. The predicted molar refractivity (Wildman–Crippen MR) is 47.3 cm³/mol. The largest absolute Gasteiger partial charge is 1.00 e. The second-order valence-corrected chi connectivity index (χ2v) is 5.65. The molecule has 0 aliphatic carbocycles. The molecular formula is C2H9NaO10S3. The van der Waals surface area contributed by atoms with Crippen LogP contribution in [0.2, 0.25) is 0 Å². The van der Waals surface area contributed by atoms with Crippen molar-refractivity contribution in [3.8, 4) is 0 Å². The minimum Gasteiger partial charge on any atom is -0.748 e. The first-order valence-corrected chi connectivity index (χ1v) is 7.59. The fourth-order valence-corrected chi connectivity index (χ4v) is 0. The summed E-state index contributed by atoms with van der Waals surface area (Å²) in [5, 5.41) is 0. The maximum absolute atomic E-state index is 9.19. The summed E-state index contributed by atoms with van der Waals surface area (Å²) in [5.41, 5.74) is 0. The minimum absolute atomic E-state index is 0. The molecule has 96 valence electrons. The van der Waals surface area contributed by atoms with Gasteiger partial charge in [0.1, 0.15) is 0 Å². The molecule has 0 spiro atoms. The van der Waals surface area contributed by atoms with Crippen LogP contribution in [0.4, 0.5) is 0 Å². The Hall–Kier alpha value is 0.690. The van der Waals surface area contributed by atoms with Crippen molar-refractivity contribution in [3.63, 3.8) is 0 Å². The van der Waals surface area contributed by atoms with E-state index in [1.165, 1.54) is 0 Å². The Kier molecular flexibility index (Phi) is 15.5. The van der Waals surface area contributed by atoms with Gasteiger partial charge in [-0.15, -0.1) is 0 Å². The van der Waals surface area contributed by atoms with Crippen LogP contribution in [-0.2, 0) is 30.6 Å². The number of hydrogen-bond acceptors (Lipinski definition) is 7. The van der Waals surface area contributed by atoms with Gasteiger partial charge in [0.2, 0.25) is 0 Å².